The van der Waals surface area contributed by atoms with E-state index in [0.29, 0.717) is 5.95 Å². The number of carbonyl (C=O) groups is 1. The van der Waals surface area contributed by atoms with E-state index in [-0.39, 0.29) is 17.6 Å². The number of amides is 1. The average molecular weight is 423 g/mol. The van der Waals surface area contributed by atoms with Crippen LogP contribution in [0.25, 0.3) is 0 Å². The van der Waals surface area contributed by atoms with E-state index in [9.17, 15) is 18.0 Å². The van der Waals surface area contributed by atoms with Crippen LogP contribution in [0.1, 0.15) is 36.0 Å². The zero-order valence-electron chi connectivity index (χ0n) is 16.7. The molecule has 1 fully saturated rings. The Morgan fingerprint density at radius 1 is 1.13 bits per heavy atom. The Morgan fingerprint density at radius 3 is 2.50 bits per heavy atom. The van der Waals surface area contributed by atoms with Crippen molar-refractivity contribution in [1.82, 2.24) is 15.3 Å². The lowest BCUT2D eigenvalue weighted by Crippen LogP contribution is -2.40. The number of ether oxygens (including phenoxy) is 1. The first-order valence-electron chi connectivity index (χ1n) is 9.63. The van der Waals surface area contributed by atoms with Crippen molar-refractivity contribution >= 4 is 17.7 Å². The number of hydrogen-bond donors (Lipinski definition) is 2. The molecule has 0 saturated heterocycles. The molecule has 1 aliphatic rings. The predicted octanol–water partition coefficient (Wildman–Crippen LogP) is 3.59. The zero-order valence-corrected chi connectivity index (χ0v) is 16.7. The normalized spacial score (nSPS) is 19.1. The number of hydrogen-bond acceptors (Lipinski definition) is 6. The van der Waals surface area contributed by atoms with Crippen LogP contribution >= 0.6 is 0 Å². The van der Waals surface area contributed by atoms with Crippen LogP contribution in [0, 0.1) is 0 Å². The van der Waals surface area contributed by atoms with E-state index in [4.69, 9.17) is 0 Å². The molecule has 0 spiro atoms. The van der Waals surface area contributed by atoms with Crippen molar-refractivity contribution in [2.24, 2.45) is 0 Å². The SMILES string of the molecule is CN(C)c1ccnc(N[C@H]2CC[C@@H](NC(=O)c3cccc(OC(F)(F)F)c3)CC2)n1. The zero-order chi connectivity index (χ0) is 21.7. The number of carbonyl (C=O) groups excluding carboxylic acids is 1. The second-order valence-corrected chi connectivity index (χ2v) is 7.37. The molecule has 1 aromatic carbocycles. The van der Waals surface area contributed by atoms with Gasteiger partial charge in [-0.3, -0.25) is 4.79 Å². The Balaban J connectivity index is 1.50. The van der Waals surface area contributed by atoms with E-state index in [0.717, 1.165) is 43.6 Å². The van der Waals surface area contributed by atoms with E-state index in [1.165, 1.54) is 12.1 Å². The molecule has 0 aliphatic heterocycles. The molecule has 2 N–H and O–H groups in total. The number of benzene rings is 1. The fraction of sp³-hybridized carbons (Fsp3) is 0.450. The summed E-state index contributed by atoms with van der Waals surface area (Å²) in [6, 6.07) is 7.04. The van der Waals surface area contributed by atoms with Gasteiger partial charge in [0.25, 0.3) is 5.91 Å². The maximum absolute atomic E-state index is 12.4. The number of anilines is 2. The molecule has 1 saturated carbocycles. The summed E-state index contributed by atoms with van der Waals surface area (Å²) in [5.74, 6) is 0.546. The number of rotatable bonds is 6. The molecule has 2 aromatic rings. The van der Waals surface area contributed by atoms with Gasteiger partial charge in [0.05, 0.1) is 0 Å². The molecule has 1 heterocycles. The lowest BCUT2D eigenvalue weighted by atomic mass is 9.91. The molecule has 1 aliphatic carbocycles. The van der Waals surface area contributed by atoms with Gasteiger partial charge in [-0.05, 0) is 49.9 Å². The Kier molecular flexibility index (Phi) is 6.63. The van der Waals surface area contributed by atoms with Crippen LogP contribution in [-0.2, 0) is 0 Å². The van der Waals surface area contributed by atoms with Crippen LogP contribution in [0.2, 0.25) is 0 Å². The van der Waals surface area contributed by atoms with Gasteiger partial charge >= 0.3 is 6.36 Å². The van der Waals surface area contributed by atoms with Gasteiger partial charge < -0.3 is 20.3 Å². The summed E-state index contributed by atoms with van der Waals surface area (Å²) in [4.78, 5) is 23.0. The highest BCUT2D eigenvalue weighted by molar-refractivity contribution is 5.94. The lowest BCUT2D eigenvalue weighted by molar-refractivity contribution is -0.274. The summed E-state index contributed by atoms with van der Waals surface area (Å²) >= 11 is 0. The van der Waals surface area contributed by atoms with Crippen molar-refractivity contribution in [3.63, 3.8) is 0 Å². The van der Waals surface area contributed by atoms with Crippen LogP contribution in [0.3, 0.4) is 0 Å². The number of halogens is 3. The van der Waals surface area contributed by atoms with E-state index >= 15 is 0 Å². The molecule has 1 amide bonds. The van der Waals surface area contributed by atoms with Crippen molar-refractivity contribution < 1.29 is 22.7 Å². The maximum Gasteiger partial charge on any atom is 0.573 e. The van der Waals surface area contributed by atoms with E-state index in [1.54, 1.807) is 6.20 Å². The largest absolute Gasteiger partial charge is 0.573 e. The third kappa shape index (κ3) is 6.23. The van der Waals surface area contributed by atoms with Gasteiger partial charge in [0.15, 0.2) is 0 Å². The highest BCUT2D eigenvalue weighted by Crippen LogP contribution is 2.25. The van der Waals surface area contributed by atoms with E-state index < -0.39 is 18.0 Å². The summed E-state index contributed by atoms with van der Waals surface area (Å²) in [7, 11) is 3.82. The van der Waals surface area contributed by atoms with Crippen molar-refractivity contribution in [2.45, 2.75) is 44.1 Å². The van der Waals surface area contributed by atoms with Gasteiger partial charge in [0.1, 0.15) is 11.6 Å². The maximum atomic E-state index is 12.4. The predicted molar refractivity (Wildman–Crippen MR) is 107 cm³/mol. The van der Waals surface area contributed by atoms with Gasteiger partial charge in [0, 0.05) is 37.9 Å². The molecule has 7 nitrogen and oxygen atoms in total. The molecule has 1 aromatic heterocycles. The second-order valence-electron chi connectivity index (χ2n) is 7.37. The minimum atomic E-state index is -4.80. The summed E-state index contributed by atoms with van der Waals surface area (Å²) < 4.78 is 41.0. The summed E-state index contributed by atoms with van der Waals surface area (Å²) in [5, 5.41) is 6.22. The first-order valence-corrected chi connectivity index (χ1v) is 9.63. The third-order valence-electron chi connectivity index (χ3n) is 4.82. The van der Waals surface area contributed by atoms with Crippen molar-refractivity contribution in [3.05, 3.63) is 42.1 Å². The van der Waals surface area contributed by atoms with Crippen LogP contribution in [-0.4, -0.2) is 48.4 Å². The smallest absolute Gasteiger partial charge is 0.406 e. The second kappa shape index (κ2) is 9.19. The highest BCUT2D eigenvalue weighted by atomic mass is 19.4. The highest BCUT2D eigenvalue weighted by Gasteiger charge is 2.31. The van der Waals surface area contributed by atoms with Crippen molar-refractivity contribution in [3.8, 4) is 5.75 Å². The molecular weight excluding hydrogens is 399 g/mol. The molecule has 0 bridgehead atoms. The molecule has 0 atom stereocenters. The van der Waals surface area contributed by atoms with Crippen molar-refractivity contribution in [1.29, 1.82) is 0 Å². The van der Waals surface area contributed by atoms with Crippen LogP contribution in [0.15, 0.2) is 36.5 Å². The van der Waals surface area contributed by atoms with Crippen LogP contribution < -0.4 is 20.3 Å². The topological polar surface area (TPSA) is 79.4 Å². The number of alkyl halides is 3. The first-order chi connectivity index (χ1) is 14.2. The van der Waals surface area contributed by atoms with Crippen LogP contribution in [0.4, 0.5) is 24.9 Å². The van der Waals surface area contributed by atoms with Gasteiger partial charge in [-0.2, -0.15) is 4.98 Å². The molecule has 0 unspecified atom stereocenters. The minimum absolute atomic E-state index is 0.0447. The Hall–Kier alpha value is -3.04. The Bertz CT molecular complexity index is 868. The number of aromatic nitrogens is 2. The van der Waals surface area contributed by atoms with E-state index in [2.05, 4.69) is 25.3 Å². The van der Waals surface area contributed by atoms with Gasteiger partial charge in [-0.15, -0.1) is 13.2 Å². The van der Waals surface area contributed by atoms with E-state index in [1.807, 2.05) is 25.1 Å². The van der Waals surface area contributed by atoms with Gasteiger partial charge in [-0.25, -0.2) is 4.98 Å². The van der Waals surface area contributed by atoms with Crippen LogP contribution in [0.5, 0.6) is 5.75 Å². The molecule has 162 valence electrons. The quantitative estimate of drug-likeness (QED) is 0.739. The molecule has 30 heavy (non-hydrogen) atoms. The molecule has 0 radical (unpaired) electrons. The first kappa shape index (κ1) is 21.7. The monoisotopic (exact) mass is 423 g/mol. The summed E-state index contributed by atoms with van der Waals surface area (Å²) in [6.45, 7) is 0. The summed E-state index contributed by atoms with van der Waals surface area (Å²) in [5.41, 5.74) is 0.130. The minimum Gasteiger partial charge on any atom is -0.406 e. The van der Waals surface area contributed by atoms with Gasteiger partial charge in [0.2, 0.25) is 5.95 Å². The fourth-order valence-electron chi connectivity index (χ4n) is 3.34. The Morgan fingerprint density at radius 2 is 1.83 bits per heavy atom. The molecular formula is C20H24F3N5O2. The average Bonchev–Trinajstić information content (AvgIpc) is 2.68. The molecule has 3 rings (SSSR count). The van der Waals surface area contributed by atoms with Crippen molar-refractivity contribution in [2.75, 3.05) is 24.3 Å². The fourth-order valence-corrected chi connectivity index (χ4v) is 3.34. The Labute approximate surface area is 172 Å². The van der Waals surface area contributed by atoms with Gasteiger partial charge in [-0.1, -0.05) is 6.07 Å². The molecule has 10 heteroatoms. The standard InChI is InChI=1S/C20H24F3N5O2/c1-28(2)17-10-11-24-19(27-17)26-15-8-6-14(7-9-15)25-18(29)13-4-3-5-16(12-13)30-20(21,22)23/h3-5,10-12,14-15H,6-9H2,1-2H3,(H,25,29)(H,24,26,27)/t14-,15+. The summed E-state index contributed by atoms with van der Waals surface area (Å²) in [6.07, 6.45) is 0.0316. The number of nitrogens with zero attached hydrogens (tertiary/aromatic N) is 3. The number of nitrogens with one attached hydrogen (secondary N) is 2. The lowest BCUT2D eigenvalue weighted by Gasteiger charge is -2.29. The third-order valence-corrected chi connectivity index (χ3v) is 4.82.